The van der Waals surface area contributed by atoms with Gasteiger partial charge in [0.05, 0.1) is 10.6 Å². The molecule has 0 aliphatic rings. The Morgan fingerprint density at radius 3 is 2.29 bits per heavy atom. The van der Waals surface area contributed by atoms with Crippen LogP contribution >= 0.6 is 11.3 Å². The van der Waals surface area contributed by atoms with Gasteiger partial charge >= 0.3 is 0 Å². The number of carbonyl (C=O) groups is 1. The predicted molar refractivity (Wildman–Crippen MR) is 103 cm³/mol. The van der Waals surface area contributed by atoms with Gasteiger partial charge in [-0.1, -0.05) is 51.1 Å². The molecule has 2 heterocycles. The van der Waals surface area contributed by atoms with Gasteiger partial charge < -0.3 is 0 Å². The number of benzene rings is 1. The molecule has 3 nitrogen and oxygen atoms in total. The Morgan fingerprint density at radius 1 is 1.21 bits per heavy atom. The average Bonchev–Trinajstić information content (AvgIpc) is 3.25. The molecule has 0 aliphatic heterocycles. The summed E-state index contributed by atoms with van der Waals surface area (Å²) in [6, 6.07) is 12.2. The van der Waals surface area contributed by atoms with E-state index in [1.165, 1.54) is 17.8 Å². The summed E-state index contributed by atoms with van der Waals surface area (Å²) in [5.74, 6) is 0. The van der Waals surface area contributed by atoms with Gasteiger partial charge in [-0.25, -0.2) is 0 Å². The number of hydrogen-bond acceptors (Lipinski definition) is 3. The monoisotopic (exact) mass is 338 g/mol. The molecule has 0 aliphatic carbocycles. The molecule has 1 aromatic carbocycles. The summed E-state index contributed by atoms with van der Waals surface area (Å²) in [5, 5.41) is 6.90. The van der Waals surface area contributed by atoms with Gasteiger partial charge in [0.1, 0.15) is 0 Å². The van der Waals surface area contributed by atoms with Crippen molar-refractivity contribution in [3.05, 3.63) is 59.6 Å². The van der Waals surface area contributed by atoms with Gasteiger partial charge in [0.15, 0.2) is 6.29 Å². The Labute approximate surface area is 147 Å². The molecule has 0 unspecified atom stereocenters. The van der Waals surface area contributed by atoms with E-state index in [1.54, 1.807) is 6.20 Å². The van der Waals surface area contributed by atoms with Crippen molar-refractivity contribution in [1.29, 1.82) is 0 Å². The van der Waals surface area contributed by atoms with Crippen molar-refractivity contribution in [3.8, 4) is 21.7 Å². The van der Waals surface area contributed by atoms with Crippen LogP contribution in [-0.2, 0) is 0 Å². The summed E-state index contributed by atoms with van der Waals surface area (Å²) in [6.45, 7) is 10.1. The first-order chi connectivity index (χ1) is 11.6. The second-order valence-corrected chi connectivity index (χ2v) is 6.63. The third-order valence-electron chi connectivity index (χ3n) is 3.31. The van der Waals surface area contributed by atoms with Crippen LogP contribution in [0.5, 0.6) is 0 Å². The lowest BCUT2D eigenvalue weighted by Crippen LogP contribution is -1.79. The van der Waals surface area contributed by atoms with Crippen LogP contribution in [0.25, 0.3) is 27.3 Å². The number of allylic oxidation sites excluding steroid dienone is 1. The number of thiophene rings is 1. The number of nitrogens with one attached hydrogen (secondary N) is 1. The Hall–Kier alpha value is -2.46. The van der Waals surface area contributed by atoms with Gasteiger partial charge in [-0.05, 0) is 41.3 Å². The Kier molecular flexibility index (Phi) is 6.27. The first kappa shape index (κ1) is 17.9. The third-order valence-corrected chi connectivity index (χ3v) is 4.42. The Bertz CT molecular complexity index is 799. The highest BCUT2D eigenvalue weighted by Crippen LogP contribution is 2.34. The molecule has 4 heteroatoms. The van der Waals surface area contributed by atoms with Crippen LogP contribution in [0.2, 0.25) is 0 Å². The summed E-state index contributed by atoms with van der Waals surface area (Å²) >= 11 is 1.50. The first-order valence-electron chi connectivity index (χ1n) is 7.95. The molecule has 0 saturated carbocycles. The lowest BCUT2D eigenvalue weighted by Gasteiger charge is -2.00. The van der Waals surface area contributed by atoms with Crippen LogP contribution in [0.4, 0.5) is 0 Å². The van der Waals surface area contributed by atoms with Crippen LogP contribution in [-0.4, -0.2) is 16.5 Å². The van der Waals surface area contributed by atoms with E-state index in [-0.39, 0.29) is 0 Å². The molecule has 0 spiro atoms. The molecular weight excluding hydrogens is 316 g/mol. The van der Waals surface area contributed by atoms with E-state index in [2.05, 4.69) is 42.8 Å². The highest BCUT2D eigenvalue weighted by Gasteiger charge is 2.10. The van der Waals surface area contributed by atoms with Crippen molar-refractivity contribution >= 4 is 23.2 Å². The Balaban J connectivity index is 0.000000647. The zero-order valence-electron chi connectivity index (χ0n) is 14.3. The topological polar surface area (TPSA) is 45.8 Å². The molecule has 2 aromatic heterocycles. The van der Waals surface area contributed by atoms with Crippen LogP contribution < -0.4 is 0 Å². The second kappa shape index (κ2) is 8.41. The normalized spacial score (nSPS) is 9.96. The molecule has 3 aromatic rings. The minimum absolute atomic E-state index is 0.732. The number of aromatic nitrogens is 2. The van der Waals surface area contributed by atoms with Crippen molar-refractivity contribution in [2.24, 2.45) is 0 Å². The quantitative estimate of drug-likeness (QED) is 0.587. The van der Waals surface area contributed by atoms with Gasteiger partial charge in [0, 0.05) is 11.1 Å². The highest BCUT2D eigenvalue weighted by molar-refractivity contribution is 7.17. The number of H-pyrrole nitrogens is 1. The van der Waals surface area contributed by atoms with Gasteiger partial charge in [-0.3, -0.25) is 9.89 Å². The van der Waals surface area contributed by atoms with Crippen LogP contribution in [0, 0.1) is 0 Å². The van der Waals surface area contributed by atoms with Crippen LogP contribution in [0.15, 0.2) is 49.2 Å². The van der Waals surface area contributed by atoms with Crippen LogP contribution in [0.1, 0.15) is 42.4 Å². The van der Waals surface area contributed by atoms with Crippen molar-refractivity contribution in [2.75, 3.05) is 0 Å². The maximum absolute atomic E-state index is 11.1. The smallest absolute Gasteiger partial charge is 0.160 e. The minimum Gasteiger partial charge on any atom is -0.297 e. The highest BCUT2D eigenvalue weighted by atomic mass is 32.1. The lowest BCUT2D eigenvalue weighted by molar-refractivity contribution is 0.112. The zero-order chi connectivity index (χ0) is 17.5. The molecule has 0 bridgehead atoms. The number of hydrogen-bond donors (Lipinski definition) is 1. The summed E-state index contributed by atoms with van der Waals surface area (Å²) in [4.78, 5) is 13.0. The fraction of sp³-hybridized carbons (Fsp3) is 0.200. The van der Waals surface area contributed by atoms with E-state index in [1.807, 2.05) is 31.2 Å². The van der Waals surface area contributed by atoms with E-state index < -0.39 is 0 Å². The molecule has 0 fully saturated rings. The first-order valence-corrected chi connectivity index (χ1v) is 8.77. The van der Waals surface area contributed by atoms with E-state index >= 15 is 0 Å². The summed E-state index contributed by atoms with van der Waals surface area (Å²) in [5.41, 5.74) is 5.02. The molecule has 1 N–H and O–H groups in total. The standard InChI is InChI=1S/C17H14N2OS.C3H8/c1-11(2)14-9-16(21-17(14)10-20)13-5-3-12(4-6-13)15-7-8-18-19-15;1-3-2/h3-10H,1H2,2H3,(H,18,19);3H2,1-2H3. The SMILES string of the molecule is C=C(C)c1cc(-c2ccc(-c3ccn[nH]3)cc2)sc1C=O.CCC. The molecule has 0 radical (unpaired) electrons. The maximum atomic E-state index is 11.1. The van der Waals surface area contributed by atoms with Crippen molar-refractivity contribution in [2.45, 2.75) is 27.2 Å². The van der Waals surface area contributed by atoms with Gasteiger partial charge in [0.25, 0.3) is 0 Å². The van der Waals surface area contributed by atoms with E-state index in [0.717, 1.165) is 44.0 Å². The number of rotatable bonds is 4. The van der Waals surface area contributed by atoms with E-state index in [9.17, 15) is 4.79 Å². The van der Waals surface area contributed by atoms with Crippen molar-refractivity contribution < 1.29 is 4.79 Å². The lowest BCUT2D eigenvalue weighted by atomic mass is 10.1. The van der Waals surface area contributed by atoms with E-state index in [0.29, 0.717) is 0 Å². The van der Waals surface area contributed by atoms with Gasteiger partial charge in [0.2, 0.25) is 0 Å². The predicted octanol–water partition coefficient (Wildman–Crippen LogP) is 6.07. The van der Waals surface area contributed by atoms with E-state index in [4.69, 9.17) is 0 Å². The Morgan fingerprint density at radius 2 is 1.83 bits per heavy atom. The second-order valence-electron chi connectivity index (χ2n) is 5.54. The van der Waals surface area contributed by atoms with Gasteiger partial charge in [-0.15, -0.1) is 11.3 Å². The number of aldehydes is 1. The van der Waals surface area contributed by atoms with Gasteiger partial charge in [-0.2, -0.15) is 5.10 Å². The summed E-state index contributed by atoms with van der Waals surface area (Å²) in [7, 11) is 0. The minimum atomic E-state index is 0.732. The van der Waals surface area contributed by atoms with Crippen molar-refractivity contribution in [1.82, 2.24) is 10.2 Å². The molecule has 3 rings (SSSR count). The summed E-state index contributed by atoms with van der Waals surface area (Å²) in [6.07, 6.45) is 3.88. The molecule has 0 amide bonds. The molecule has 124 valence electrons. The fourth-order valence-electron chi connectivity index (χ4n) is 2.20. The van der Waals surface area contributed by atoms with Crippen molar-refractivity contribution in [3.63, 3.8) is 0 Å². The largest absolute Gasteiger partial charge is 0.297 e. The van der Waals surface area contributed by atoms with Crippen LogP contribution in [0.3, 0.4) is 0 Å². The number of nitrogens with zero attached hydrogens (tertiary/aromatic N) is 1. The number of aromatic amines is 1. The molecule has 0 saturated heterocycles. The summed E-state index contributed by atoms with van der Waals surface area (Å²) < 4.78 is 0. The average molecular weight is 338 g/mol. The maximum Gasteiger partial charge on any atom is 0.160 e. The molecule has 24 heavy (non-hydrogen) atoms. The number of carbonyl (C=O) groups excluding carboxylic acids is 1. The molecule has 0 atom stereocenters. The molecular formula is C20H22N2OS. The zero-order valence-corrected chi connectivity index (χ0v) is 15.1. The third kappa shape index (κ3) is 4.09. The fourth-order valence-corrected chi connectivity index (χ4v) is 3.26.